The first-order chi connectivity index (χ1) is 12.7. The van der Waals surface area contributed by atoms with Crippen LogP contribution in [0.25, 0.3) is 0 Å². The molecule has 1 aliphatic rings. The number of hydrogen-bond donors (Lipinski definition) is 0. The average Bonchev–Trinajstić information content (AvgIpc) is 3.25. The molecule has 1 nitrogen and oxygen atoms in total. The van der Waals surface area contributed by atoms with Gasteiger partial charge in [-0.25, -0.2) is 0 Å². The van der Waals surface area contributed by atoms with Gasteiger partial charge in [0.15, 0.2) is 0 Å². The second kappa shape index (κ2) is 6.60. The fourth-order valence-electron chi connectivity index (χ4n) is 4.10. The highest BCUT2D eigenvalue weighted by molar-refractivity contribution is 7.79. The molecule has 1 heterocycles. The lowest BCUT2D eigenvalue weighted by molar-refractivity contribution is 0.550. The zero-order valence-electron chi connectivity index (χ0n) is 19.2. The molecule has 0 amide bonds. The van der Waals surface area contributed by atoms with Crippen molar-refractivity contribution < 1.29 is 4.57 Å². The van der Waals surface area contributed by atoms with Crippen LogP contribution in [-0.4, -0.2) is 6.16 Å². The average molecular weight is 397 g/mol. The van der Waals surface area contributed by atoms with Crippen LogP contribution in [0.1, 0.15) is 90.2 Å². The van der Waals surface area contributed by atoms with Crippen LogP contribution in [0, 0.1) is 0 Å². The first-order valence-electron chi connectivity index (χ1n) is 10.5. The summed E-state index contributed by atoms with van der Waals surface area (Å²) in [5.74, 6) is 0. The quantitative estimate of drug-likeness (QED) is 0.486. The highest BCUT2D eigenvalue weighted by atomic mass is 31.2. The molecule has 2 aromatic rings. The molecule has 3 rings (SSSR count). The van der Waals surface area contributed by atoms with Crippen LogP contribution in [0.4, 0.5) is 0 Å². The van der Waals surface area contributed by atoms with Crippen molar-refractivity contribution in [1.82, 2.24) is 0 Å². The normalized spacial score (nSPS) is 23.0. The molecule has 152 valence electrons. The topological polar surface area (TPSA) is 17.1 Å². The van der Waals surface area contributed by atoms with Crippen molar-refractivity contribution in [3.8, 4) is 0 Å². The summed E-state index contributed by atoms with van der Waals surface area (Å²) in [7, 11) is -2.44. The maximum Gasteiger partial charge on any atom is 0.124 e. The lowest BCUT2D eigenvalue weighted by atomic mass is 9.75. The number of rotatable bonds is 2. The maximum atomic E-state index is 14.4. The third-order valence-electron chi connectivity index (χ3n) is 5.97. The SMILES string of the molecule is CC(C)(C)c1cc(C(C)(C)C)c(P2(=O)CC2c2ccccc2)c(C(C)(C)C)c1. The highest BCUT2D eigenvalue weighted by Gasteiger charge is 2.55. The van der Waals surface area contributed by atoms with E-state index in [1.807, 2.05) is 6.07 Å². The Morgan fingerprint density at radius 1 is 0.750 bits per heavy atom. The van der Waals surface area contributed by atoms with E-state index in [0.717, 1.165) is 6.16 Å². The molecule has 2 atom stereocenters. The molecular weight excluding hydrogens is 359 g/mol. The summed E-state index contributed by atoms with van der Waals surface area (Å²) >= 11 is 0. The van der Waals surface area contributed by atoms with Crippen LogP contribution in [0.15, 0.2) is 42.5 Å². The fourth-order valence-corrected chi connectivity index (χ4v) is 7.94. The summed E-state index contributed by atoms with van der Waals surface area (Å²) in [4.78, 5) is 0. The highest BCUT2D eigenvalue weighted by Crippen LogP contribution is 2.77. The summed E-state index contributed by atoms with van der Waals surface area (Å²) < 4.78 is 14.4. The molecule has 0 radical (unpaired) electrons. The molecule has 28 heavy (non-hydrogen) atoms. The molecule has 0 saturated carbocycles. The van der Waals surface area contributed by atoms with Gasteiger partial charge in [0, 0.05) is 17.1 Å². The number of benzene rings is 2. The van der Waals surface area contributed by atoms with Gasteiger partial charge in [0.2, 0.25) is 0 Å². The zero-order valence-corrected chi connectivity index (χ0v) is 20.1. The Morgan fingerprint density at radius 2 is 1.21 bits per heavy atom. The van der Waals surface area contributed by atoms with E-state index in [1.54, 1.807) is 0 Å². The van der Waals surface area contributed by atoms with Crippen molar-refractivity contribution in [1.29, 1.82) is 0 Å². The van der Waals surface area contributed by atoms with Gasteiger partial charge < -0.3 is 4.57 Å². The third kappa shape index (κ3) is 3.88. The predicted molar refractivity (Wildman–Crippen MR) is 124 cm³/mol. The predicted octanol–water partition coefficient (Wildman–Crippen LogP) is 7.32. The molecule has 2 aromatic carbocycles. The molecule has 0 aliphatic carbocycles. The molecule has 2 unspecified atom stereocenters. The maximum absolute atomic E-state index is 14.4. The fraction of sp³-hybridized carbons (Fsp3) is 0.538. The lowest BCUT2D eigenvalue weighted by Crippen LogP contribution is -2.31. The monoisotopic (exact) mass is 396 g/mol. The molecule has 0 bridgehead atoms. The van der Waals surface area contributed by atoms with Crippen molar-refractivity contribution in [2.24, 2.45) is 0 Å². The smallest absolute Gasteiger partial charge is 0.124 e. The van der Waals surface area contributed by atoms with E-state index in [1.165, 1.54) is 27.6 Å². The number of hydrogen-bond acceptors (Lipinski definition) is 1. The minimum Gasteiger partial charge on any atom is -0.318 e. The molecule has 1 saturated heterocycles. The van der Waals surface area contributed by atoms with Gasteiger partial charge in [-0.15, -0.1) is 0 Å². The van der Waals surface area contributed by atoms with Gasteiger partial charge in [-0.05, 0) is 38.5 Å². The van der Waals surface area contributed by atoms with Crippen molar-refractivity contribution in [2.75, 3.05) is 6.16 Å². The molecule has 2 heteroatoms. The molecular formula is C26H37OP. The van der Waals surface area contributed by atoms with Gasteiger partial charge in [-0.3, -0.25) is 0 Å². The van der Waals surface area contributed by atoms with E-state index in [0.29, 0.717) is 0 Å². The van der Waals surface area contributed by atoms with E-state index < -0.39 is 7.14 Å². The van der Waals surface area contributed by atoms with Crippen LogP contribution in [0.5, 0.6) is 0 Å². The minimum atomic E-state index is -2.44. The van der Waals surface area contributed by atoms with E-state index in [2.05, 4.69) is 98.7 Å². The largest absolute Gasteiger partial charge is 0.318 e. The van der Waals surface area contributed by atoms with Gasteiger partial charge in [0.25, 0.3) is 0 Å². The molecule has 0 aromatic heterocycles. The summed E-state index contributed by atoms with van der Waals surface area (Å²) in [6, 6.07) is 15.2. The van der Waals surface area contributed by atoms with Crippen LogP contribution >= 0.6 is 7.14 Å². The van der Waals surface area contributed by atoms with E-state index in [4.69, 9.17) is 0 Å². The zero-order chi connectivity index (χ0) is 21.1. The van der Waals surface area contributed by atoms with Gasteiger partial charge in [0.1, 0.15) is 7.14 Å². The Morgan fingerprint density at radius 3 is 1.61 bits per heavy atom. The first kappa shape index (κ1) is 21.4. The van der Waals surface area contributed by atoms with Crippen molar-refractivity contribution in [3.63, 3.8) is 0 Å². The van der Waals surface area contributed by atoms with Crippen molar-refractivity contribution in [2.45, 2.75) is 84.2 Å². The lowest BCUT2D eigenvalue weighted by Gasteiger charge is -2.33. The Bertz CT molecular complexity index is 883. The van der Waals surface area contributed by atoms with Crippen molar-refractivity contribution >= 4 is 12.4 Å². The molecule has 1 fully saturated rings. The van der Waals surface area contributed by atoms with Gasteiger partial charge in [-0.1, -0.05) is 105 Å². The standard InChI is InChI=1S/C26H37OP/c1-24(2,3)19-15-20(25(4,5)6)23(21(16-19)26(7,8)9)28(27)17-22(28)18-13-11-10-12-14-18/h10-16,22H,17H2,1-9H3. The van der Waals surface area contributed by atoms with Crippen LogP contribution in [0.2, 0.25) is 0 Å². The second-order valence-corrected chi connectivity index (χ2v) is 14.6. The van der Waals surface area contributed by atoms with Gasteiger partial charge in [-0.2, -0.15) is 0 Å². The second-order valence-electron chi connectivity index (χ2n) is 11.6. The van der Waals surface area contributed by atoms with Gasteiger partial charge >= 0.3 is 0 Å². The minimum absolute atomic E-state index is 0.0438. The van der Waals surface area contributed by atoms with Crippen LogP contribution in [-0.2, 0) is 20.8 Å². The van der Waals surface area contributed by atoms with Crippen LogP contribution < -0.4 is 5.30 Å². The van der Waals surface area contributed by atoms with Crippen molar-refractivity contribution in [3.05, 3.63) is 64.7 Å². The molecule has 1 aliphatic heterocycles. The first-order valence-corrected chi connectivity index (χ1v) is 12.5. The van der Waals surface area contributed by atoms with E-state index in [-0.39, 0.29) is 21.9 Å². The molecule has 0 N–H and O–H groups in total. The molecule has 0 spiro atoms. The Balaban J connectivity index is 2.30. The summed E-state index contributed by atoms with van der Waals surface area (Å²) in [5.41, 5.74) is 5.29. The Kier molecular flexibility index (Phi) is 5.04. The summed E-state index contributed by atoms with van der Waals surface area (Å²) in [5, 5.41) is 1.18. The van der Waals surface area contributed by atoms with Crippen LogP contribution in [0.3, 0.4) is 0 Å². The summed E-state index contributed by atoms with van der Waals surface area (Å²) in [6.45, 7) is 20.4. The van der Waals surface area contributed by atoms with E-state index in [9.17, 15) is 4.57 Å². The Hall–Kier alpha value is -1.33. The van der Waals surface area contributed by atoms with E-state index >= 15 is 0 Å². The Labute approximate surface area is 172 Å². The summed E-state index contributed by atoms with van der Waals surface area (Å²) in [6.07, 6.45) is 0.804. The van der Waals surface area contributed by atoms with Gasteiger partial charge in [0.05, 0.1) is 0 Å². The third-order valence-corrected chi connectivity index (χ3v) is 9.13.